The molecule has 1 fully saturated rings. The van der Waals surface area contributed by atoms with Crippen molar-refractivity contribution < 1.29 is 4.39 Å². The predicted octanol–water partition coefficient (Wildman–Crippen LogP) is 4.60. The molecule has 1 aliphatic rings. The number of rotatable bonds is 4. The summed E-state index contributed by atoms with van der Waals surface area (Å²) < 4.78 is 15.5. The Morgan fingerprint density at radius 1 is 0.840 bits per heavy atom. The van der Waals surface area contributed by atoms with Crippen LogP contribution in [-0.2, 0) is 13.1 Å². The molecule has 130 valence electrons. The van der Waals surface area contributed by atoms with E-state index in [9.17, 15) is 4.39 Å². The molecule has 4 rings (SSSR count). The van der Waals surface area contributed by atoms with Gasteiger partial charge in [0.05, 0.1) is 17.6 Å². The van der Waals surface area contributed by atoms with E-state index in [4.69, 9.17) is 4.98 Å². The van der Waals surface area contributed by atoms with Crippen LogP contribution in [0.3, 0.4) is 0 Å². The summed E-state index contributed by atoms with van der Waals surface area (Å²) in [6, 6.07) is 15.1. The van der Waals surface area contributed by atoms with Crippen molar-refractivity contribution in [2.45, 2.75) is 38.8 Å². The van der Waals surface area contributed by atoms with Crippen molar-refractivity contribution in [1.82, 2.24) is 14.5 Å². The first-order valence-electron chi connectivity index (χ1n) is 9.20. The van der Waals surface area contributed by atoms with Gasteiger partial charge in [-0.1, -0.05) is 37.1 Å². The molecule has 0 amide bonds. The van der Waals surface area contributed by atoms with Crippen molar-refractivity contribution in [2.24, 2.45) is 0 Å². The Kier molecular flexibility index (Phi) is 4.79. The Balaban J connectivity index is 1.66. The number of benzene rings is 2. The minimum absolute atomic E-state index is 0.191. The van der Waals surface area contributed by atoms with Gasteiger partial charge in [0.15, 0.2) is 0 Å². The zero-order valence-corrected chi connectivity index (χ0v) is 14.5. The third-order valence-corrected chi connectivity index (χ3v) is 5.05. The van der Waals surface area contributed by atoms with E-state index in [1.54, 1.807) is 0 Å². The summed E-state index contributed by atoms with van der Waals surface area (Å²) in [5.74, 6) is 0.913. The highest BCUT2D eigenvalue weighted by molar-refractivity contribution is 5.76. The zero-order valence-electron chi connectivity index (χ0n) is 14.5. The lowest BCUT2D eigenvalue weighted by atomic mass is 10.2. The fraction of sp³-hybridized carbons (Fsp3) is 0.381. The molecule has 0 unspecified atom stereocenters. The fourth-order valence-corrected chi connectivity index (χ4v) is 3.69. The van der Waals surface area contributed by atoms with Gasteiger partial charge in [-0.3, -0.25) is 4.90 Å². The molecule has 0 N–H and O–H groups in total. The smallest absolute Gasteiger partial charge is 0.124 e. The number of fused-ring (bicyclic) bond motifs is 1. The fourth-order valence-electron chi connectivity index (χ4n) is 3.69. The van der Waals surface area contributed by atoms with Crippen molar-refractivity contribution in [3.63, 3.8) is 0 Å². The summed E-state index contributed by atoms with van der Waals surface area (Å²) in [4.78, 5) is 7.42. The summed E-state index contributed by atoms with van der Waals surface area (Å²) in [5.41, 5.74) is 3.28. The summed E-state index contributed by atoms with van der Waals surface area (Å²) in [6.45, 7) is 3.92. The van der Waals surface area contributed by atoms with Crippen LogP contribution in [0.15, 0.2) is 48.5 Å². The molecule has 0 atom stereocenters. The Morgan fingerprint density at radius 2 is 1.56 bits per heavy atom. The summed E-state index contributed by atoms with van der Waals surface area (Å²) in [5, 5.41) is 0. The van der Waals surface area contributed by atoms with Gasteiger partial charge >= 0.3 is 0 Å². The Morgan fingerprint density at radius 3 is 2.32 bits per heavy atom. The minimum atomic E-state index is -0.191. The van der Waals surface area contributed by atoms with Gasteiger partial charge in [0.2, 0.25) is 0 Å². The van der Waals surface area contributed by atoms with Crippen molar-refractivity contribution in [3.8, 4) is 0 Å². The van der Waals surface area contributed by atoms with Crippen LogP contribution in [0.5, 0.6) is 0 Å². The maximum absolute atomic E-state index is 13.2. The lowest BCUT2D eigenvalue weighted by Crippen LogP contribution is -2.26. The molecule has 4 heteroatoms. The largest absolute Gasteiger partial charge is 0.322 e. The topological polar surface area (TPSA) is 21.1 Å². The first-order valence-corrected chi connectivity index (χ1v) is 9.20. The van der Waals surface area contributed by atoms with Crippen LogP contribution >= 0.6 is 0 Å². The molecule has 1 saturated heterocycles. The van der Waals surface area contributed by atoms with E-state index in [2.05, 4.69) is 27.7 Å². The molecule has 0 bridgehead atoms. The maximum Gasteiger partial charge on any atom is 0.124 e. The monoisotopic (exact) mass is 337 g/mol. The van der Waals surface area contributed by atoms with Crippen LogP contribution in [0, 0.1) is 5.82 Å². The van der Waals surface area contributed by atoms with Crippen molar-refractivity contribution in [3.05, 3.63) is 65.7 Å². The van der Waals surface area contributed by atoms with E-state index in [1.165, 1.54) is 37.8 Å². The normalized spacial score (nSPS) is 16.2. The Labute approximate surface area is 148 Å². The van der Waals surface area contributed by atoms with E-state index in [0.29, 0.717) is 0 Å². The van der Waals surface area contributed by atoms with E-state index in [1.807, 2.05) is 18.2 Å². The second-order valence-corrected chi connectivity index (χ2v) is 6.92. The van der Waals surface area contributed by atoms with Crippen LogP contribution in [0.1, 0.15) is 37.1 Å². The molecule has 2 aromatic carbocycles. The molecule has 25 heavy (non-hydrogen) atoms. The number of aromatic nitrogens is 2. The van der Waals surface area contributed by atoms with Crippen LogP contribution < -0.4 is 0 Å². The highest BCUT2D eigenvalue weighted by Crippen LogP contribution is 2.20. The number of imidazole rings is 1. The van der Waals surface area contributed by atoms with Crippen LogP contribution in [-0.4, -0.2) is 27.5 Å². The molecule has 0 radical (unpaired) electrons. The number of halogens is 1. The Hall–Kier alpha value is -2.20. The predicted molar refractivity (Wildman–Crippen MR) is 99.0 cm³/mol. The summed E-state index contributed by atoms with van der Waals surface area (Å²) >= 11 is 0. The van der Waals surface area contributed by atoms with E-state index in [-0.39, 0.29) is 5.82 Å². The number of likely N-dealkylation sites (tertiary alicyclic amines) is 1. The molecule has 1 aliphatic heterocycles. The first kappa shape index (κ1) is 16.3. The Bertz CT molecular complexity index is 830. The van der Waals surface area contributed by atoms with Gasteiger partial charge in [0, 0.05) is 6.54 Å². The number of hydrogen-bond donors (Lipinski definition) is 0. The molecule has 0 saturated carbocycles. The van der Waals surface area contributed by atoms with Gasteiger partial charge in [-0.25, -0.2) is 9.37 Å². The SMILES string of the molecule is Fc1ccc(Cn2c(CN3CCCCCC3)nc3ccccc32)cc1. The summed E-state index contributed by atoms with van der Waals surface area (Å²) in [7, 11) is 0. The summed E-state index contributed by atoms with van der Waals surface area (Å²) in [6.07, 6.45) is 5.22. The number of nitrogens with zero attached hydrogens (tertiary/aromatic N) is 3. The van der Waals surface area contributed by atoms with Gasteiger partial charge in [0.1, 0.15) is 11.6 Å². The molecular weight excluding hydrogens is 313 g/mol. The second-order valence-electron chi connectivity index (χ2n) is 6.92. The molecule has 1 aromatic heterocycles. The average Bonchev–Trinajstić information content (AvgIpc) is 2.79. The third-order valence-electron chi connectivity index (χ3n) is 5.05. The first-order chi connectivity index (χ1) is 12.3. The van der Waals surface area contributed by atoms with Crippen LogP contribution in [0.25, 0.3) is 11.0 Å². The molecule has 0 spiro atoms. The molecule has 0 aliphatic carbocycles. The third kappa shape index (κ3) is 3.74. The van der Waals surface area contributed by atoms with E-state index in [0.717, 1.165) is 48.6 Å². The molecule has 3 nitrogen and oxygen atoms in total. The van der Waals surface area contributed by atoms with Gasteiger partial charge in [-0.2, -0.15) is 0 Å². The van der Waals surface area contributed by atoms with E-state index < -0.39 is 0 Å². The number of hydrogen-bond acceptors (Lipinski definition) is 2. The van der Waals surface area contributed by atoms with Crippen molar-refractivity contribution in [2.75, 3.05) is 13.1 Å². The van der Waals surface area contributed by atoms with Crippen LogP contribution in [0.2, 0.25) is 0 Å². The number of para-hydroxylation sites is 2. The average molecular weight is 337 g/mol. The molecular formula is C21H24FN3. The van der Waals surface area contributed by atoms with Gasteiger partial charge in [-0.05, 0) is 55.8 Å². The lowest BCUT2D eigenvalue weighted by molar-refractivity contribution is 0.267. The van der Waals surface area contributed by atoms with Crippen LogP contribution in [0.4, 0.5) is 4.39 Å². The standard InChI is InChI=1S/C21H24FN3/c22-18-11-9-17(10-12-18)15-25-20-8-4-3-7-19(20)23-21(25)16-24-13-5-1-2-6-14-24/h3-4,7-12H,1-2,5-6,13-16H2. The molecule has 3 aromatic rings. The maximum atomic E-state index is 13.2. The zero-order chi connectivity index (χ0) is 17.1. The quantitative estimate of drug-likeness (QED) is 0.694. The highest BCUT2D eigenvalue weighted by atomic mass is 19.1. The van der Waals surface area contributed by atoms with Crippen molar-refractivity contribution >= 4 is 11.0 Å². The van der Waals surface area contributed by atoms with Gasteiger partial charge in [-0.15, -0.1) is 0 Å². The highest BCUT2D eigenvalue weighted by Gasteiger charge is 2.16. The molecule has 2 heterocycles. The lowest BCUT2D eigenvalue weighted by Gasteiger charge is -2.20. The van der Waals surface area contributed by atoms with Gasteiger partial charge < -0.3 is 4.57 Å². The second kappa shape index (κ2) is 7.36. The van der Waals surface area contributed by atoms with E-state index >= 15 is 0 Å². The minimum Gasteiger partial charge on any atom is -0.322 e. The van der Waals surface area contributed by atoms with Gasteiger partial charge in [0.25, 0.3) is 0 Å². The van der Waals surface area contributed by atoms with Crippen molar-refractivity contribution in [1.29, 1.82) is 0 Å².